The maximum absolute atomic E-state index is 12.4. The van der Waals surface area contributed by atoms with Crippen LogP contribution in [-0.2, 0) is 6.18 Å². The molecule has 0 amide bonds. The van der Waals surface area contributed by atoms with Crippen LogP contribution >= 0.6 is 11.6 Å². The summed E-state index contributed by atoms with van der Waals surface area (Å²) in [4.78, 5) is 3.65. The van der Waals surface area contributed by atoms with Crippen LogP contribution in [0.3, 0.4) is 0 Å². The monoisotopic (exact) mass is 293 g/mol. The van der Waals surface area contributed by atoms with Crippen molar-refractivity contribution in [3.8, 4) is 5.75 Å². The van der Waals surface area contributed by atoms with Gasteiger partial charge in [-0.3, -0.25) is 0 Å². The van der Waals surface area contributed by atoms with Gasteiger partial charge >= 0.3 is 6.18 Å². The normalized spacial score (nSPS) is 14.3. The van der Waals surface area contributed by atoms with Crippen LogP contribution in [0.1, 0.15) is 18.1 Å². The molecule has 0 fully saturated rings. The van der Waals surface area contributed by atoms with Crippen molar-refractivity contribution >= 4 is 22.6 Å². The Bertz CT molecular complexity index is 549. The molecule has 5 N–H and O–H groups in total. The van der Waals surface area contributed by atoms with E-state index in [-0.39, 0.29) is 22.3 Å². The number of phenolic OH excluding ortho intramolecular Hbond substituents is 1. The van der Waals surface area contributed by atoms with Gasteiger partial charge in [0.25, 0.3) is 0 Å². The van der Waals surface area contributed by atoms with Crippen LogP contribution in [-0.4, -0.2) is 10.4 Å². The Kier molecular flexibility index (Phi) is 4.31. The van der Waals surface area contributed by atoms with E-state index in [1.807, 2.05) is 0 Å². The first kappa shape index (κ1) is 15.2. The first-order valence-corrected chi connectivity index (χ1v) is 5.37. The molecule has 8 heteroatoms. The molecule has 1 aromatic carbocycles. The number of alkyl halides is 3. The third-order valence-electron chi connectivity index (χ3n) is 2.28. The molecule has 0 bridgehead atoms. The Morgan fingerprint density at radius 3 is 2.32 bits per heavy atom. The molecule has 1 rings (SSSR count). The lowest BCUT2D eigenvalue weighted by molar-refractivity contribution is -0.137. The summed E-state index contributed by atoms with van der Waals surface area (Å²) in [5, 5.41) is 9.31. The number of nitrogens with zero attached hydrogens (tertiary/aromatic N) is 1. The zero-order valence-electron chi connectivity index (χ0n) is 9.79. The van der Waals surface area contributed by atoms with Crippen LogP contribution in [0.2, 0.25) is 0 Å². The van der Waals surface area contributed by atoms with Gasteiger partial charge < -0.3 is 16.6 Å². The summed E-state index contributed by atoms with van der Waals surface area (Å²) < 4.78 is 37.3. The number of amidine groups is 1. The van der Waals surface area contributed by atoms with Crippen molar-refractivity contribution in [2.24, 2.45) is 16.5 Å². The minimum absolute atomic E-state index is 0.0187. The van der Waals surface area contributed by atoms with Crippen molar-refractivity contribution in [3.63, 3.8) is 0 Å². The smallest absolute Gasteiger partial charge is 0.416 e. The fourth-order valence-electron chi connectivity index (χ4n) is 1.35. The molecule has 4 nitrogen and oxygen atoms in total. The van der Waals surface area contributed by atoms with E-state index < -0.39 is 17.5 Å². The zero-order chi connectivity index (χ0) is 14.8. The van der Waals surface area contributed by atoms with Crippen molar-refractivity contribution in [1.29, 1.82) is 0 Å². The molecular formula is C11H11ClF3N3O. The van der Waals surface area contributed by atoms with Crippen LogP contribution in [0.5, 0.6) is 5.75 Å². The molecule has 0 spiro atoms. The average Bonchev–Trinajstić information content (AvgIpc) is 2.25. The van der Waals surface area contributed by atoms with Crippen LogP contribution in [0, 0.1) is 0 Å². The number of aromatic hydroxyl groups is 1. The molecule has 0 aliphatic rings. The second-order valence-corrected chi connectivity index (χ2v) is 4.05. The molecule has 104 valence electrons. The summed E-state index contributed by atoms with van der Waals surface area (Å²) in [6, 6.07) is 2.45. The molecule has 0 saturated carbocycles. The highest BCUT2D eigenvalue weighted by Crippen LogP contribution is 2.34. The number of rotatable bonds is 2. The maximum atomic E-state index is 12.4. The lowest BCUT2D eigenvalue weighted by Gasteiger charge is -2.11. The topological polar surface area (TPSA) is 84.6 Å². The second-order valence-electron chi connectivity index (χ2n) is 3.66. The SMILES string of the molecule is C/C(N=C(N)Cl)=C(/N)c1ccc(C(F)(F)F)cc1O. The predicted molar refractivity (Wildman–Crippen MR) is 67.4 cm³/mol. The fourth-order valence-corrected chi connectivity index (χ4v) is 1.48. The van der Waals surface area contributed by atoms with Gasteiger partial charge in [0, 0.05) is 5.56 Å². The summed E-state index contributed by atoms with van der Waals surface area (Å²) in [7, 11) is 0. The largest absolute Gasteiger partial charge is 0.507 e. The van der Waals surface area contributed by atoms with Crippen molar-refractivity contribution in [2.75, 3.05) is 0 Å². The van der Waals surface area contributed by atoms with Gasteiger partial charge in [0.05, 0.1) is 17.0 Å². The number of nitrogens with two attached hydrogens (primary N) is 2. The minimum Gasteiger partial charge on any atom is -0.507 e. The first-order valence-electron chi connectivity index (χ1n) is 4.99. The highest BCUT2D eigenvalue weighted by Gasteiger charge is 2.31. The number of aliphatic imine (C=N–C) groups is 1. The summed E-state index contributed by atoms with van der Waals surface area (Å²) >= 11 is 5.36. The Morgan fingerprint density at radius 1 is 1.32 bits per heavy atom. The number of allylic oxidation sites excluding steroid dienone is 1. The van der Waals surface area contributed by atoms with Gasteiger partial charge in [0.2, 0.25) is 0 Å². The highest BCUT2D eigenvalue weighted by atomic mass is 35.5. The summed E-state index contributed by atoms with van der Waals surface area (Å²) in [6.45, 7) is 1.46. The number of halogens is 4. The molecule has 0 radical (unpaired) electrons. The standard InChI is InChI=1S/C11H11ClF3N3O/c1-5(18-10(12)17)9(16)7-3-2-6(4-8(7)19)11(13,14)15/h2-4,19H,16H2,1H3,(H2,17,18)/b9-5-. The Labute approximate surface area is 112 Å². The van der Waals surface area contributed by atoms with Gasteiger partial charge in [0.15, 0.2) is 5.29 Å². The van der Waals surface area contributed by atoms with E-state index in [0.29, 0.717) is 6.07 Å². The van der Waals surface area contributed by atoms with Crippen molar-refractivity contribution < 1.29 is 18.3 Å². The first-order chi connectivity index (χ1) is 8.62. The van der Waals surface area contributed by atoms with Crippen molar-refractivity contribution in [1.82, 2.24) is 0 Å². The van der Waals surface area contributed by atoms with Gasteiger partial charge in [-0.1, -0.05) is 0 Å². The quantitative estimate of drug-likeness (QED) is 0.445. The molecule has 1 aromatic rings. The Morgan fingerprint density at radius 2 is 1.89 bits per heavy atom. The number of hydrogen-bond acceptors (Lipinski definition) is 3. The lowest BCUT2D eigenvalue weighted by Crippen LogP contribution is -2.07. The molecule has 0 aromatic heterocycles. The maximum Gasteiger partial charge on any atom is 0.416 e. The molecular weight excluding hydrogens is 283 g/mol. The summed E-state index contributed by atoms with van der Waals surface area (Å²) in [5.74, 6) is -0.602. The van der Waals surface area contributed by atoms with E-state index in [4.69, 9.17) is 23.1 Å². The number of benzene rings is 1. The van der Waals surface area contributed by atoms with Crippen LogP contribution in [0.25, 0.3) is 5.70 Å². The van der Waals surface area contributed by atoms with Gasteiger partial charge in [-0.05, 0) is 36.7 Å². The summed E-state index contributed by atoms with van der Waals surface area (Å²) in [6.07, 6.45) is -4.54. The molecule has 0 aliphatic heterocycles. The summed E-state index contributed by atoms with van der Waals surface area (Å²) in [5.41, 5.74) is 10.0. The van der Waals surface area contributed by atoms with Gasteiger partial charge in [-0.25, -0.2) is 4.99 Å². The van der Waals surface area contributed by atoms with Gasteiger partial charge in [-0.2, -0.15) is 13.2 Å². The van der Waals surface area contributed by atoms with Gasteiger partial charge in [-0.15, -0.1) is 0 Å². The zero-order valence-corrected chi connectivity index (χ0v) is 10.5. The number of hydrogen-bond donors (Lipinski definition) is 3. The molecule has 0 atom stereocenters. The average molecular weight is 294 g/mol. The Balaban J connectivity index is 3.28. The van der Waals surface area contributed by atoms with Crippen LogP contribution < -0.4 is 11.5 Å². The Hall–Kier alpha value is -1.89. The predicted octanol–water partition coefficient (Wildman–Crippen LogP) is 2.61. The molecule has 19 heavy (non-hydrogen) atoms. The third kappa shape index (κ3) is 3.78. The van der Waals surface area contributed by atoms with Gasteiger partial charge in [0.1, 0.15) is 5.75 Å². The van der Waals surface area contributed by atoms with Crippen LogP contribution in [0.15, 0.2) is 28.9 Å². The van der Waals surface area contributed by atoms with Crippen LogP contribution in [0.4, 0.5) is 13.2 Å². The second kappa shape index (κ2) is 5.40. The van der Waals surface area contributed by atoms with E-state index in [2.05, 4.69) is 4.99 Å². The minimum atomic E-state index is -4.54. The molecule has 0 heterocycles. The van der Waals surface area contributed by atoms with Crippen molar-refractivity contribution in [3.05, 3.63) is 35.0 Å². The third-order valence-corrected chi connectivity index (χ3v) is 2.36. The fraction of sp³-hybridized carbons (Fsp3) is 0.182. The molecule has 0 aliphatic carbocycles. The van der Waals surface area contributed by atoms with Crippen molar-refractivity contribution in [2.45, 2.75) is 13.1 Å². The number of phenols is 1. The molecule has 0 saturated heterocycles. The van der Waals surface area contributed by atoms with E-state index in [1.54, 1.807) is 0 Å². The lowest BCUT2D eigenvalue weighted by atomic mass is 10.1. The van der Waals surface area contributed by atoms with E-state index >= 15 is 0 Å². The highest BCUT2D eigenvalue weighted by molar-refractivity contribution is 6.64. The van der Waals surface area contributed by atoms with E-state index in [1.165, 1.54) is 6.92 Å². The van der Waals surface area contributed by atoms with E-state index in [9.17, 15) is 18.3 Å². The van der Waals surface area contributed by atoms with E-state index in [0.717, 1.165) is 12.1 Å². The molecule has 0 unspecified atom stereocenters.